The van der Waals surface area contributed by atoms with Crippen LogP contribution in [0.2, 0.25) is 5.02 Å². The smallest absolute Gasteiger partial charge is 0.407 e. The molecule has 1 saturated carbocycles. The zero-order valence-corrected chi connectivity index (χ0v) is 27.6. The molecule has 0 bridgehead atoms. The van der Waals surface area contributed by atoms with E-state index < -0.39 is 57.4 Å². The van der Waals surface area contributed by atoms with E-state index in [0.717, 1.165) is 19.2 Å². The number of benzene rings is 3. The third-order valence-electron chi connectivity index (χ3n) is 8.77. The van der Waals surface area contributed by atoms with E-state index in [-0.39, 0.29) is 35.3 Å². The van der Waals surface area contributed by atoms with Gasteiger partial charge in [0.25, 0.3) is 0 Å². The normalized spacial score (nSPS) is 20.0. The first-order valence-corrected chi connectivity index (χ1v) is 17.3. The van der Waals surface area contributed by atoms with Gasteiger partial charge in [0, 0.05) is 48.6 Å². The maximum atomic E-state index is 15.4. The lowest BCUT2D eigenvalue weighted by Gasteiger charge is -2.40. The van der Waals surface area contributed by atoms with Crippen LogP contribution in [0.1, 0.15) is 54.4 Å². The van der Waals surface area contributed by atoms with Crippen molar-refractivity contribution in [2.45, 2.75) is 68.3 Å². The second-order valence-electron chi connectivity index (χ2n) is 12.1. The fourth-order valence-corrected chi connectivity index (χ4v) is 8.79. The molecule has 2 aliphatic rings. The van der Waals surface area contributed by atoms with Crippen LogP contribution in [0.5, 0.6) is 0 Å². The Kier molecular flexibility index (Phi) is 11.0. The van der Waals surface area contributed by atoms with Gasteiger partial charge in [0.1, 0.15) is 23.5 Å². The van der Waals surface area contributed by atoms with Crippen molar-refractivity contribution in [3.8, 4) is 0 Å². The number of carbonyl (C=O) groups is 2. The fraction of sp³-hybridized carbons (Fsp3) is 0.412. The minimum absolute atomic E-state index is 0.0786. The van der Waals surface area contributed by atoms with Crippen LogP contribution < -0.4 is 10.6 Å². The topological polar surface area (TPSA) is 105 Å². The number of carbonyl (C=O) groups excluding carboxylic acids is 2. The molecule has 2 N–H and O–H groups in total. The van der Waals surface area contributed by atoms with Crippen molar-refractivity contribution in [1.29, 1.82) is 0 Å². The van der Waals surface area contributed by atoms with Crippen molar-refractivity contribution in [3.05, 3.63) is 105 Å². The highest BCUT2D eigenvalue weighted by Crippen LogP contribution is 2.35. The number of ketones is 1. The lowest BCUT2D eigenvalue weighted by molar-refractivity contribution is -0.120. The minimum atomic E-state index is -3.50. The zero-order chi connectivity index (χ0) is 33.9. The van der Waals surface area contributed by atoms with Crippen molar-refractivity contribution in [2.75, 3.05) is 20.2 Å². The van der Waals surface area contributed by atoms with Gasteiger partial charge in [-0.05, 0) is 85.2 Å². The molecule has 8 nitrogen and oxygen atoms in total. The highest BCUT2D eigenvalue weighted by molar-refractivity contribution is 7.90. The summed E-state index contributed by atoms with van der Waals surface area (Å²) in [5, 5.41) is 5.81. The molecule has 3 aromatic carbocycles. The van der Waals surface area contributed by atoms with E-state index in [1.807, 2.05) is 6.92 Å². The second-order valence-corrected chi connectivity index (χ2v) is 14.7. The molecule has 47 heavy (non-hydrogen) atoms. The number of methoxy groups -OCH3 is 1. The Labute approximate surface area is 277 Å². The number of nitrogens with zero attached hydrogens (tertiary/aromatic N) is 1. The highest BCUT2D eigenvalue weighted by Gasteiger charge is 2.45. The van der Waals surface area contributed by atoms with Crippen molar-refractivity contribution in [2.24, 2.45) is 0 Å². The first kappa shape index (κ1) is 34.9. The quantitative estimate of drug-likeness (QED) is 0.260. The highest BCUT2D eigenvalue weighted by atomic mass is 35.5. The SMILES string of the molecule is COC(=O)N[C@H](C(=O)Cc1cccc(F)c1CC[C@H]1CNC[C@H](C)N1S(=O)(=O)C1CC1)[C@@H](c1ccc(Cl)cc1)c1cc(F)cc(F)c1. The molecule has 2 fully saturated rings. The van der Waals surface area contributed by atoms with Crippen LogP contribution in [-0.4, -0.2) is 68.2 Å². The van der Waals surface area contributed by atoms with E-state index in [1.165, 1.54) is 12.1 Å². The summed E-state index contributed by atoms with van der Waals surface area (Å²) in [5.41, 5.74) is 1.11. The molecule has 1 saturated heterocycles. The van der Waals surface area contributed by atoms with Gasteiger partial charge in [-0.3, -0.25) is 4.79 Å². The Morgan fingerprint density at radius 2 is 1.70 bits per heavy atom. The molecule has 1 heterocycles. The average molecular weight is 692 g/mol. The molecule has 1 aliphatic heterocycles. The number of rotatable bonds is 12. The van der Waals surface area contributed by atoms with Gasteiger partial charge in [-0.1, -0.05) is 35.9 Å². The summed E-state index contributed by atoms with van der Waals surface area (Å²) in [4.78, 5) is 26.7. The molecular formula is C34H37ClF3N3O5S. The van der Waals surface area contributed by atoms with Crippen molar-refractivity contribution in [3.63, 3.8) is 0 Å². The number of Topliss-reactive ketones (excluding diaryl/α,β-unsaturated/α-hetero) is 1. The Bertz CT molecular complexity index is 1700. The summed E-state index contributed by atoms with van der Waals surface area (Å²) in [6.07, 6.45) is 0.430. The van der Waals surface area contributed by atoms with Crippen molar-refractivity contribution >= 4 is 33.5 Å². The van der Waals surface area contributed by atoms with Crippen LogP contribution in [0.3, 0.4) is 0 Å². The molecule has 0 unspecified atom stereocenters. The minimum Gasteiger partial charge on any atom is -0.453 e. The third kappa shape index (κ3) is 8.17. The fourth-order valence-electron chi connectivity index (χ4n) is 6.42. The molecule has 13 heteroatoms. The molecule has 0 spiro atoms. The number of hydrogen-bond donors (Lipinski definition) is 2. The molecule has 4 atom stereocenters. The summed E-state index contributed by atoms with van der Waals surface area (Å²) in [7, 11) is -2.38. The van der Waals surface area contributed by atoms with Crippen LogP contribution in [0.15, 0.2) is 60.7 Å². The number of ether oxygens (including phenoxy) is 1. The summed E-state index contributed by atoms with van der Waals surface area (Å²) in [6.45, 7) is 2.78. The first-order valence-electron chi connectivity index (χ1n) is 15.5. The second kappa shape index (κ2) is 14.8. The van der Waals surface area contributed by atoms with Crippen molar-refractivity contribution in [1.82, 2.24) is 14.9 Å². The number of piperazine rings is 1. The molecule has 252 valence electrons. The molecule has 0 aromatic heterocycles. The summed E-state index contributed by atoms with van der Waals surface area (Å²) < 4.78 is 77.3. The molecular weight excluding hydrogens is 655 g/mol. The van der Waals surface area contributed by atoms with Crippen molar-refractivity contribution < 1.29 is 35.9 Å². The van der Waals surface area contributed by atoms with Gasteiger partial charge < -0.3 is 15.4 Å². The maximum Gasteiger partial charge on any atom is 0.407 e. The summed E-state index contributed by atoms with van der Waals surface area (Å²) >= 11 is 6.09. The first-order chi connectivity index (χ1) is 22.4. The monoisotopic (exact) mass is 691 g/mol. The Balaban J connectivity index is 1.46. The van der Waals surface area contributed by atoms with Crippen LogP contribution in [0.4, 0.5) is 18.0 Å². The third-order valence-corrected chi connectivity index (χ3v) is 11.6. The van der Waals surface area contributed by atoms with Crippen LogP contribution in [-0.2, 0) is 32.4 Å². The predicted molar refractivity (Wildman–Crippen MR) is 172 cm³/mol. The summed E-state index contributed by atoms with van der Waals surface area (Å²) in [6, 6.07) is 11.4. The van der Waals surface area contributed by atoms with E-state index in [9.17, 15) is 26.8 Å². The Hall–Kier alpha value is -3.45. The lowest BCUT2D eigenvalue weighted by Crippen LogP contribution is -2.59. The van der Waals surface area contributed by atoms with Gasteiger partial charge >= 0.3 is 6.09 Å². The van der Waals surface area contributed by atoms with E-state index in [4.69, 9.17) is 16.3 Å². The van der Waals surface area contributed by atoms with Gasteiger partial charge in [-0.25, -0.2) is 26.4 Å². The largest absolute Gasteiger partial charge is 0.453 e. The number of hydrogen-bond acceptors (Lipinski definition) is 6. The summed E-state index contributed by atoms with van der Waals surface area (Å²) in [5.74, 6) is -3.95. The van der Waals surface area contributed by atoms with Crippen LogP contribution in [0, 0.1) is 17.5 Å². The van der Waals surface area contributed by atoms with E-state index >= 15 is 4.39 Å². The number of alkyl carbamates (subject to hydrolysis) is 1. The average Bonchev–Trinajstić information content (AvgIpc) is 3.87. The molecule has 1 amide bonds. The van der Waals surface area contributed by atoms with E-state index in [2.05, 4.69) is 10.6 Å². The molecule has 5 rings (SSSR count). The molecule has 0 radical (unpaired) electrons. The standard InChI is InChI=1S/C34H37ClF3N3O5S/c1-20-18-39-19-27(41(20)47(44,45)28-11-12-28)10-13-29-22(4-3-5-30(29)38)16-31(42)33(40-34(43)46-2)32(21-6-8-24(35)9-7-21)23-14-25(36)17-26(37)15-23/h3-9,14-15,17,20,27-28,32-33,39H,10-13,16,18-19H2,1-2H3,(H,40,43)/t20-,27-,32-,33+/m0/s1. The van der Waals surface area contributed by atoms with E-state index in [0.29, 0.717) is 54.6 Å². The van der Waals surface area contributed by atoms with Gasteiger partial charge in [0.2, 0.25) is 10.0 Å². The Morgan fingerprint density at radius 3 is 2.34 bits per heavy atom. The number of halogens is 4. The van der Waals surface area contributed by atoms with Gasteiger partial charge in [0.05, 0.1) is 12.4 Å². The molecule has 3 aromatic rings. The van der Waals surface area contributed by atoms with Crippen LogP contribution >= 0.6 is 11.6 Å². The van der Waals surface area contributed by atoms with Gasteiger partial charge in [0.15, 0.2) is 5.78 Å². The van der Waals surface area contributed by atoms with Crippen LogP contribution in [0.25, 0.3) is 0 Å². The number of sulfonamides is 1. The van der Waals surface area contributed by atoms with Gasteiger partial charge in [-0.2, -0.15) is 4.31 Å². The van der Waals surface area contributed by atoms with E-state index in [1.54, 1.807) is 34.6 Å². The number of amides is 1. The number of nitrogens with one attached hydrogen (secondary N) is 2. The Morgan fingerprint density at radius 1 is 1.02 bits per heavy atom. The maximum absolute atomic E-state index is 15.4. The molecule has 1 aliphatic carbocycles. The van der Waals surface area contributed by atoms with Gasteiger partial charge in [-0.15, -0.1) is 0 Å². The predicted octanol–water partition coefficient (Wildman–Crippen LogP) is 5.51. The zero-order valence-electron chi connectivity index (χ0n) is 26.0. The lowest BCUT2D eigenvalue weighted by atomic mass is 9.81.